The smallest absolute Gasteiger partial charge is 0.410 e. The molecule has 1 amide bonds. The Labute approximate surface area is 135 Å². The van der Waals surface area contributed by atoms with Gasteiger partial charge < -0.3 is 14.4 Å². The van der Waals surface area contributed by atoms with Crippen molar-refractivity contribution in [2.24, 2.45) is 0 Å². The molecule has 0 aromatic heterocycles. The number of non-ortho nitro benzene ring substituents is 1. The Balaban J connectivity index is 1.96. The van der Waals surface area contributed by atoms with Crippen LogP contribution in [0, 0.1) is 10.1 Å². The summed E-state index contributed by atoms with van der Waals surface area (Å²) in [5.74, 6) is 0. The second-order valence-corrected chi connectivity index (χ2v) is 6.82. The summed E-state index contributed by atoms with van der Waals surface area (Å²) >= 11 is 0. The number of methoxy groups -OCH3 is 1. The molecule has 1 aromatic rings. The zero-order valence-corrected chi connectivity index (χ0v) is 13.9. The molecule has 0 atom stereocenters. The first-order chi connectivity index (χ1) is 10.6. The van der Waals surface area contributed by atoms with Crippen LogP contribution in [0.4, 0.5) is 10.5 Å². The minimum Gasteiger partial charge on any atom is -0.444 e. The van der Waals surface area contributed by atoms with Gasteiger partial charge in [0.2, 0.25) is 0 Å². The van der Waals surface area contributed by atoms with Crippen LogP contribution in [0.3, 0.4) is 0 Å². The fourth-order valence-corrected chi connectivity index (χ4v) is 2.53. The van der Waals surface area contributed by atoms with Gasteiger partial charge in [0.05, 0.1) is 18.0 Å². The molecule has 0 unspecified atom stereocenters. The number of rotatable bonds is 4. The highest BCUT2D eigenvalue weighted by atomic mass is 16.6. The zero-order valence-electron chi connectivity index (χ0n) is 13.9. The molecular weight excluding hydrogens is 300 g/mol. The van der Waals surface area contributed by atoms with E-state index in [0.29, 0.717) is 19.5 Å². The lowest BCUT2D eigenvalue weighted by Gasteiger charge is -2.49. The van der Waals surface area contributed by atoms with Crippen LogP contribution < -0.4 is 0 Å². The zero-order chi connectivity index (χ0) is 17.3. The van der Waals surface area contributed by atoms with E-state index in [9.17, 15) is 14.9 Å². The molecule has 1 saturated heterocycles. The summed E-state index contributed by atoms with van der Waals surface area (Å²) in [6, 6.07) is 6.38. The number of carbonyl (C=O) groups excluding carboxylic acids is 1. The Hall–Kier alpha value is -2.15. The van der Waals surface area contributed by atoms with E-state index in [4.69, 9.17) is 9.47 Å². The molecule has 7 heteroatoms. The molecule has 0 aliphatic carbocycles. The van der Waals surface area contributed by atoms with Gasteiger partial charge >= 0.3 is 6.09 Å². The number of hydrogen-bond acceptors (Lipinski definition) is 5. The van der Waals surface area contributed by atoms with Gasteiger partial charge in [-0.3, -0.25) is 10.1 Å². The lowest BCUT2D eigenvalue weighted by Crippen LogP contribution is -2.66. The number of carbonyl (C=O) groups is 1. The first kappa shape index (κ1) is 17.2. The number of nitrogens with zero attached hydrogens (tertiary/aromatic N) is 2. The number of ether oxygens (including phenoxy) is 2. The summed E-state index contributed by atoms with van der Waals surface area (Å²) in [5, 5.41) is 10.7. The first-order valence-corrected chi connectivity index (χ1v) is 7.41. The quantitative estimate of drug-likeness (QED) is 0.629. The molecule has 0 bridgehead atoms. The van der Waals surface area contributed by atoms with Crippen LogP contribution in [0.2, 0.25) is 0 Å². The molecular formula is C16H22N2O5. The summed E-state index contributed by atoms with van der Waals surface area (Å²) in [6.07, 6.45) is 0.231. The van der Waals surface area contributed by atoms with Gasteiger partial charge in [-0.15, -0.1) is 0 Å². The molecule has 1 aliphatic heterocycles. The van der Waals surface area contributed by atoms with E-state index in [-0.39, 0.29) is 11.8 Å². The highest BCUT2D eigenvalue weighted by Crippen LogP contribution is 2.30. The van der Waals surface area contributed by atoms with E-state index in [0.717, 1.165) is 5.56 Å². The number of likely N-dealkylation sites (tertiary alicyclic amines) is 1. The highest BCUT2D eigenvalue weighted by molar-refractivity contribution is 5.69. The molecule has 0 N–H and O–H groups in total. The van der Waals surface area contributed by atoms with Gasteiger partial charge in [-0.2, -0.15) is 0 Å². The molecule has 1 aromatic carbocycles. The largest absolute Gasteiger partial charge is 0.444 e. The number of hydrogen-bond donors (Lipinski definition) is 0. The molecule has 2 rings (SSSR count). The highest BCUT2D eigenvalue weighted by Gasteiger charge is 2.46. The maximum atomic E-state index is 12.0. The van der Waals surface area contributed by atoms with Gasteiger partial charge in [0.15, 0.2) is 0 Å². The number of nitro benzene ring substituents is 1. The van der Waals surface area contributed by atoms with Crippen LogP contribution in [0.25, 0.3) is 0 Å². The van der Waals surface area contributed by atoms with Crippen molar-refractivity contribution >= 4 is 11.8 Å². The van der Waals surface area contributed by atoms with Gasteiger partial charge in [0.1, 0.15) is 11.2 Å². The summed E-state index contributed by atoms with van der Waals surface area (Å²) in [7, 11) is 1.61. The third-order valence-corrected chi connectivity index (χ3v) is 3.72. The second-order valence-electron chi connectivity index (χ2n) is 6.82. The molecule has 0 spiro atoms. The Morgan fingerprint density at radius 1 is 1.30 bits per heavy atom. The average Bonchev–Trinajstić information content (AvgIpc) is 2.40. The minimum atomic E-state index is -0.527. The predicted molar refractivity (Wildman–Crippen MR) is 84.3 cm³/mol. The van der Waals surface area contributed by atoms with Gasteiger partial charge in [0.25, 0.3) is 5.69 Å². The Morgan fingerprint density at radius 3 is 2.30 bits per heavy atom. The third-order valence-electron chi connectivity index (χ3n) is 3.72. The molecule has 1 heterocycles. The van der Waals surface area contributed by atoms with E-state index in [1.807, 2.05) is 20.8 Å². The van der Waals surface area contributed by atoms with E-state index in [1.54, 1.807) is 24.1 Å². The van der Waals surface area contributed by atoms with Gasteiger partial charge in [-0.05, 0) is 26.3 Å². The third kappa shape index (κ3) is 4.19. The van der Waals surface area contributed by atoms with Crippen molar-refractivity contribution in [3.05, 3.63) is 39.9 Å². The van der Waals surface area contributed by atoms with Crippen LogP contribution in [-0.2, 0) is 15.9 Å². The van der Waals surface area contributed by atoms with Crippen molar-refractivity contribution in [1.29, 1.82) is 0 Å². The Bertz CT molecular complexity index is 585. The van der Waals surface area contributed by atoms with Gasteiger partial charge in [0, 0.05) is 25.7 Å². The van der Waals surface area contributed by atoms with Crippen LogP contribution in [0.15, 0.2) is 24.3 Å². The lowest BCUT2D eigenvalue weighted by molar-refractivity contribution is -0.384. The van der Waals surface area contributed by atoms with Crippen molar-refractivity contribution in [3.8, 4) is 0 Å². The van der Waals surface area contributed by atoms with Crippen molar-refractivity contribution in [2.75, 3.05) is 20.2 Å². The van der Waals surface area contributed by atoms with E-state index < -0.39 is 16.1 Å². The predicted octanol–water partition coefficient (Wildman–Crippen LogP) is 2.77. The topological polar surface area (TPSA) is 81.9 Å². The number of benzene rings is 1. The summed E-state index contributed by atoms with van der Waals surface area (Å²) in [6.45, 7) is 6.35. The van der Waals surface area contributed by atoms with E-state index in [1.165, 1.54) is 12.1 Å². The van der Waals surface area contributed by atoms with Gasteiger partial charge in [-0.25, -0.2) is 4.79 Å². The normalized spacial score (nSPS) is 16.6. The van der Waals surface area contributed by atoms with Crippen molar-refractivity contribution in [3.63, 3.8) is 0 Å². The molecule has 23 heavy (non-hydrogen) atoms. The van der Waals surface area contributed by atoms with Crippen LogP contribution in [0.1, 0.15) is 26.3 Å². The fraction of sp³-hybridized carbons (Fsp3) is 0.562. The monoisotopic (exact) mass is 322 g/mol. The van der Waals surface area contributed by atoms with E-state index >= 15 is 0 Å². The van der Waals surface area contributed by atoms with Crippen molar-refractivity contribution in [1.82, 2.24) is 4.90 Å². The standard InChI is InChI=1S/C16H22N2O5/c1-15(2,3)23-14(19)17-10-16(11-17,22-4)9-12-5-7-13(8-6-12)18(20)21/h5-8H,9-11H2,1-4H3. The first-order valence-electron chi connectivity index (χ1n) is 7.41. The molecule has 1 aliphatic rings. The molecule has 7 nitrogen and oxygen atoms in total. The lowest BCUT2D eigenvalue weighted by atomic mass is 9.87. The van der Waals surface area contributed by atoms with Crippen LogP contribution in [0.5, 0.6) is 0 Å². The second kappa shape index (κ2) is 6.16. The number of nitro groups is 1. The van der Waals surface area contributed by atoms with E-state index in [2.05, 4.69) is 0 Å². The van der Waals surface area contributed by atoms with Crippen LogP contribution in [-0.4, -0.2) is 47.3 Å². The maximum absolute atomic E-state index is 12.0. The molecule has 0 saturated carbocycles. The summed E-state index contributed by atoms with van der Waals surface area (Å²) in [4.78, 5) is 23.8. The summed E-state index contributed by atoms with van der Waals surface area (Å²) < 4.78 is 10.9. The van der Waals surface area contributed by atoms with Gasteiger partial charge in [-0.1, -0.05) is 12.1 Å². The maximum Gasteiger partial charge on any atom is 0.410 e. The molecule has 126 valence electrons. The number of amides is 1. The summed E-state index contributed by atoms with van der Waals surface area (Å²) in [5.41, 5.74) is -0.00105. The van der Waals surface area contributed by atoms with Crippen molar-refractivity contribution < 1.29 is 19.2 Å². The molecule has 0 radical (unpaired) electrons. The van der Waals surface area contributed by atoms with Crippen LogP contribution >= 0.6 is 0 Å². The fourth-order valence-electron chi connectivity index (χ4n) is 2.53. The molecule has 1 fully saturated rings. The average molecular weight is 322 g/mol. The SMILES string of the molecule is COC1(Cc2ccc([N+](=O)[O-])cc2)CN(C(=O)OC(C)(C)C)C1. The Kier molecular flexibility index (Phi) is 4.61. The minimum absolute atomic E-state index is 0.0595. The van der Waals surface area contributed by atoms with Crippen molar-refractivity contribution in [2.45, 2.75) is 38.4 Å². The Morgan fingerprint density at radius 2 is 1.87 bits per heavy atom.